The van der Waals surface area contributed by atoms with Crippen LogP contribution >= 0.6 is 0 Å². The highest BCUT2D eigenvalue weighted by atomic mass is 15.1. The lowest BCUT2D eigenvalue weighted by Gasteiger charge is -2.26. The average molecular weight is 606 g/mol. The molecule has 1 saturated carbocycles. The van der Waals surface area contributed by atoms with E-state index in [0.29, 0.717) is 5.92 Å². The summed E-state index contributed by atoms with van der Waals surface area (Å²) in [5.74, 6) is 0.710. The Hall–Kier alpha value is -5.40. The Morgan fingerprint density at radius 2 is 0.915 bits per heavy atom. The molecule has 0 bridgehead atoms. The third-order valence-corrected chi connectivity index (χ3v) is 9.88. The molecule has 0 unspecified atom stereocenters. The molecule has 0 N–H and O–H groups in total. The van der Waals surface area contributed by atoms with Crippen LogP contribution in [-0.2, 0) is 0 Å². The summed E-state index contributed by atoms with van der Waals surface area (Å²) in [5, 5.41) is 2.56. The Labute approximate surface area is 278 Å². The van der Waals surface area contributed by atoms with Crippen molar-refractivity contribution in [2.24, 2.45) is 0 Å². The summed E-state index contributed by atoms with van der Waals surface area (Å²) < 4.78 is 0. The highest BCUT2D eigenvalue weighted by Gasteiger charge is 2.17. The molecule has 1 nitrogen and oxygen atoms in total. The zero-order valence-electron chi connectivity index (χ0n) is 26.7. The number of nitrogens with zero attached hydrogens (tertiary/aromatic N) is 1. The molecule has 0 aromatic heterocycles. The van der Waals surface area contributed by atoms with Gasteiger partial charge < -0.3 is 4.90 Å². The Balaban J connectivity index is 1.06. The zero-order valence-corrected chi connectivity index (χ0v) is 26.7. The second-order valence-electron chi connectivity index (χ2n) is 12.8. The van der Waals surface area contributed by atoms with E-state index in [2.05, 4.69) is 175 Å². The van der Waals surface area contributed by atoms with Gasteiger partial charge in [0.15, 0.2) is 0 Å². The lowest BCUT2D eigenvalue weighted by Crippen LogP contribution is -2.09. The van der Waals surface area contributed by atoms with Gasteiger partial charge in [0, 0.05) is 17.1 Å². The molecule has 1 aliphatic rings. The maximum atomic E-state index is 2.42. The smallest absolute Gasteiger partial charge is 0.0462 e. The number of hydrogen-bond acceptors (Lipinski definition) is 1. The Kier molecular flexibility index (Phi) is 8.12. The van der Waals surface area contributed by atoms with E-state index in [4.69, 9.17) is 0 Å². The van der Waals surface area contributed by atoms with Gasteiger partial charge in [-0.2, -0.15) is 0 Å². The van der Waals surface area contributed by atoms with Crippen molar-refractivity contribution in [1.82, 2.24) is 0 Å². The monoisotopic (exact) mass is 605 g/mol. The number of benzene rings is 7. The lowest BCUT2D eigenvalue weighted by molar-refractivity contribution is 0.444. The molecule has 0 amide bonds. The first-order chi connectivity index (χ1) is 23.3. The second kappa shape index (κ2) is 13.1. The second-order valence-corrected chi connectivity index (χ2v) is 12.8. The van der Waals surface area contributed by atoms with Crippen molar-refractivity contribution < 1.29 is 0 Å². The van der Waals surface area contributed by atoms with Crippen molar-refractivity contribution in [1.29, 1.82) is 0 Å². The summed E-state index contributed by atoms with van der Waals surface area (Å²) in [6.45, 7) is 0. The van der Waals surface area contributed by atoms with E-state index in [0.717, 1.165) is 17.1 Å². The predicted octanol–water partition coefficient (Wildman–Crippen LogP) is 13.4. The van der Waals surface area contributed by atoms with Crippen molar-refractivity contribution in [3.8, 4) is 33.4 Å². The van der Waals surface area contributed by atoms with E-state index in [1.54, 1.807) is 0 Å². The normalized spacial score (nSPS) is 13.4. The highest BCUT2D eigenvalue weighted by Crippen LogP contribution is 2.38. The van der Waals surface area contributed by atoms with Gasteiger partial charge in [-0.25, -0.2) is 0 Å². The molecule has 1 fully saturated rings. The zero-order chi connectivity index (χ0) is 31.4. The summed E-state index contributed by atoms with van der Waals surface area (Å²) in [6.07, 6.45) is 6.75. The molecule has 8 rings (SSSR count). The van der Waals surface area contributed by atoms with Crippen LogP contribution in [0.25, 0.3) is 44.2 Å². The van der Waals surface area contributed by atoms with Gasteiger partial charge in [-0.1, -0.05) is 153 Å². The minimum atomic E-state index is 0.710. The van der Waals surface area contributed by atoms with Gasteiger partial charge >= 0.3 is 0 Å². The first kappa shape index (κ1) is 29.0. The molecule has 1 heteroatoms. The van der Waals surface area contributed by atoms with Crippen molar-refractivity contribution >= 4 is 27.8 Å². The summed E-state index contributed by atoms with van der Waals surface area (Å²) >= 11 is 0. The van der Waals surface area contributed by atoms with Crippen LogP contribution in [0.1, 0.15) is 43.6 Å². The van der Waals surface area contributed by atoms with Gasteiger partial charge in [0.05, 0.1) is 0 Å². The standard InChI is InChI=1S/C46H39N/c1-3-11-34(12-4-1)40-15-9-16-41(33-40)37-27-31-44(32-28-37)47(42-17-5-2-6-18-42)43-29-25-36(26-30-43)35-21-23-39(24-22-35)46-20-10-14-38-13-7-8-19-45(38)46/h2,5-10,13-34H,1,3-4,11-12H2. The highest BCUT2D eigenvalue weighted by molar-refractivity contribution is 5.96. The van der Waals surface area contributed by atoms with E-state index in [9.17, 15) is 0 Å². The van der Waals surface area contributed by atoms with Crippen molar-refractivity contribution in [2.75, 3.05) is 4.90 Å². The van der Waals surface area contributed by atoms with Crippen molar-refractivity contribution in [3.05, 3.63) is 175 Å². The van der Waals surface area contributed by atoms with E-state index >= 15 is 0 Å². The molecule has 228 valence electrons. The minimum absolute atomic E-state index is 0.710. The average Bonchev–Trinajstić information content (AvgIpc) is 3.16. The SMILES string of the molecule is c1ccc(N(c2ccc(-c3ccc(-c4cccc5ccccc45)cc3)cc2)c2ccc(-c3cccc(C4CCCCC4)c3)cc2)cc1. The molecule has 0 spiro atoms. The lowest BCUT2D eigenvalue weighted by atomic mass is 9.83. The summed E-state index contributed by atoms with van der Waals surface area (Å²) in [5.41, 5.74) is 12.4. The fourth-order valence-electron chi connectivity index (χ4n) is 7.36. The van der Waals surface area contributed by atoms with Gasteiger partial charge in [0.1, 0.15) is 0 Å². The first-order valence-electron chi connectivity index (χ1n) is 17.0. The van der Waals surface area contributed by atoms with Gasteiger partial charge in [-0.15, -0.1) is 0 Å². The molecule has 7 aromatic carbocycles. The maximum absolute atomic E-state index is 2.42. The molecule has 0 atom stereocenters. The molecule has 0 heterocycles. The third-order valence-electron chi connectivity index (χ3n) is 9.88. The fourth-order valence-corrected chi connectivity index (χ4v) is 7.36. The summed E-state index contributed by atoms with van der Waals surface area (Å²) in [7, 11) is 0. The summed E-state index contributed by atoms with van der Waals surface area (Å²) in [6, 6.07) is 62.0. The van der Waals surface area contributed by atoms with Crippen LogP contribution in [0.5, 0.6) is 0 Å². The molecule has 0 saturated heterocycles. The van der Waals surface area contributed by atoms with Crippen LogP contribution in [0.15, 0.2) is 170 Å². The van der Waals surface area contributed by atoms with Crippen LogP contribution in [0.4, 0.5) is 17.1 Å². The van der Waals surface area contributed by atoms with Gasteiger partial charge in [-0.05, 0) is 105 Å². The molecule has 1 aliphatic carbocycles. The minimum Gasteiger partial charge on any atom is -0.311 e. The van der Waals surface area contributed by atoms with Gasteiger partial charge in [0.2, 0.25) is 0 Å². The molecule has 0 aliphatic heterocycles. The molecule has 47 heavy (non-hydrogen) atoms. The van der Waals surface area contributed by atoms with Crippen LogP contribution in [-0.4, -0.2) is 0 Å². The van der Waals surface area contributed by atoms with Gasteiger partial charge in [0.25, 0.3) is 0 Å². The van der Waals surface area contributed by atoms with E-state index in [1.165, 1.54) is 81.8 Å². The van der Waals surface area contributed by atoms with E-state index < -0.39 is 0 Å². The first-order valence-corrected chi connectivity index (χ1v) is 17.0. The topological polar surface area (TPSA) is 3.24 Å². The molecular weight excluding hydrogens is 567 g/mol. The Morgan fingerprint density at radius 1 is 0.383 bits per heavy atom. The van der Waals surface area contributed by atoms with E-state index in [1.807, 2.05) is 0 Å². The number of para-hydroxylation sites is 1. The van der Waals surface area contributed by atoms with Crippen LogP contribution in [0.2, 0.25) is 0 Å². The number of anilines is 3. The molecule has 7 aromatic rings. The van der Waals surface area contributed by atoms with Crippen molar-refractivity contribution in [2.45, 2.75) is 38.0 Å². The fraction of sp³-hybridized carbons (Fsp3) is 0.130. The van der Waals surface area contributed by atoms with Crippen LogP contribution < -0.4 is 4.90 Å². The summed E-state index contributed by atoms with van der Waals surface area (Å²) in [4.78, 5) is 2.34. The quantitative estimate of drug-likeness (QED) is 0.175. The van der Waals surface area contributed by atoms with Crippen molar-refractivity contribution in [3.63, 3.8) is 0 Å². The van der Waals surface area contributed by atoms with Crippen LogP contribution in [0.3, 0.4) is 0 Å². The predicted molar refractivity (Wildman–Crippen MR) is 201 cm³/mol. The van der Waals surface area contributed by atoms with Crippen LogP contribution in [0, 0.1) is 0 Å². The Morgan fingerprint density at radius 3 is 1.62 bits per heavy atom. The Bertz CT molecular complexity index is 2080. The number of rotatable bonds is 7. The number of hydrogen-bond donors (Lipinski definition) is 0. The largest absolute Gasteiger partial charge is 0.311 e. The van der Waals surface area contributed by atoms with Gasteiger partial charge in [-0.3, -0.25) is 0 Å². The molecule has 0 radical (unpaired) electrons. The van der Waals surface area contributed by atoms with E-state index in [-0.39, 0.29) is 0 Å². The maximum Gasteiger partial charge on any atom is 0.0462 e. The third kappa shape index (κ3) is 6.10. The molecular formula is C46H39N. The number of fused-ring (bicyclic) bond motifs is 1.